The third-order valence-corrected chi connectivity index (χ3v) is 1.47. The van der Waals surface area contributed by atoms with Crippen LogP contribution in [0.1, 0.15) is 5.56 Å². The maximum atomic E-state index is 5.50. The number of nitrogens with two attached hydrogens (primary N) is 1. The summed E-state index contributed by atoms with van der Waals surface area (Å²) < 4.78 is 0. The number of anilines is 2. The molecule has 0 aromatic carbocycles. The monoisotopic (exact) mass is 152 g/mol. The maximum Gasteiger partial charge on any atom is 0.151 e. The van der Waals surface area contributed by atoms with Crippen LogP contribution in [0, 0.1) is 6.92 Å². The van der Waals surface area contributed by atoms with Gasteiger partial charge in [0.15, 0.2) is 5.82 Å². The highest BCUT2D eigenvalue weighted by atomic mass is 15.2. The molecule has 0 saturated carbocycles. The van der Waals surface area contributed by atoms with E-state index in [4.69, 9.17) is 5.73 Å². The Labute approximate surface area is 66.0 Å². The molecule has 0 saturated heterocycles. The normalized spacial score (nSPS) is 9.73. The molecule has 1 rings (SSSR count). The first-order valence-electron chi connectivity index (χ1n) is 3.38. The van der Waals surface area contributed by atoms with Gasteiger partial charge in [-0.2, -0.15) is 0 Å². The Balaban J connectivity index is 3.05. The van der Waals surface area contributed by atoms with Gasteiger partial charge in [-0.15, -0.1) is 10.2 Å². The Morgan fingerprint density at radius 2 is 2.00 bits per heavy atom. The molecule has 0 fully saturated rings. The van der Waals surface area contributed by atoms with Crippen LogP contribution in [0.4, 0.5) is 11.6 Å². The zero-order valence-electron chi connectivity index (χ0n) is 7.00. The highest BCUT2D eigenvalue weighted by Gasteiger charge is 2.00. The molecule has 4 nitrogen and oxygen atoms in total. The molecule has 11 heavy (non-hydrogen) atoms. The third kappa shape index (κ3) is 1.58. The molecule has 60 valence electrons. The molecule has 1 heterocycles. The largest absolute Gasteiger partial charge is 0.382 e. The van der Waals surface area contributed by atoms with E-state index in [-0.39, 0.29) is 0 Å². The van der Waals surface area contributed by atoms with E-state index < -0.39 is 0 Å². The number of nitrogens with zero attached hydrogens (tertiary/aromatic N) is 3. The van der Waals surface area contributed by atoms with Gasteiger partial charge in [0.05, 0.1) is 0 Å². The quantitative estimate of drug-likeness (QED) is 0.634. The molecule has 0 atom stereocenters. The fourth-order valence-electron chi connectivity index (χ4n) is 0.699. The maximum absolute atomic E-state index is 5.50. The second-order valence-electron chi connectivity index (χ2n) is 2.67. The van der Waals surface area contributed by atoms with Crippen molar-refractivity contribution in [3.05, 3.63) is 11.6 Å². The van der Waals surface area contributed by atoms with E-state index in [9.17, 15) is 0 Å². The van der Waals surface area contributed by atoms with Crippen molar-refractivity contribution >= 4 is 11.6 Å². The smallest absolute Gasteiger partial charge is 0.151 e. The molecular weight excluding hydrogens is 140 g/mol. The number of hydrogen-bond acceptors (Lipinski definition) is 4. The van der Waals surface area contributed by atoms with Crippen molar-refractivity contribution in [2.75, 3.05) is 24.7 Å². The second kappa shape index (κ2) is 2.74. The van der Waals surface area contributed by atoms with Crippen LogP contribution in [0.15, 0.2) is 6.07 Å². The highest BCUT2D eigenvalue weighted by Crippen LogP contribution is 2.11. The first-order chi connectivity index (χ1) is 5.11. The summed E-state index contributed by atoms with van der Waals surface area (Å²) in [5.41, 5.74) is 6.46. The number of rotatable bonds is 1. The molecule has 0 aliphatic rings. The third-order valence-electron chi connectivity index (χ3n) is 1.47. The predicted molar refractivity (Wildman–Crippen MR) is 45.5 cm³/mol. The Hall–Kier alpha value is -1.32. The van der Waals surface area contributed by atoms with Crippen LogP contribution in [-0.2, 0) is 0 Å². The number of nitrogen functional groups attached to an aromatic ring is 1. The molecule has 0 aliphatic heterocycles. The van der Waals surface area contributed by atoms with E-state index in [1.54, 1.807) is 0 Å². The van der Waals surface area contributed by atoms with Gasteiger partial charge < -0.3 is 10.6 Å². The van der Waals surface area contributed by atoms with Gasteiger partial charge in [-0.1, -0.05) is 0 Å². The first-order valence-corrected chi connectivity index (χ1v) is 3.38. The summed E-state index contributed by atoms with van der Waals surface area (Å²) in [4.78, 5) is 1.89. The van der Waals surface area contributed by atoms with Crippen LogP contribution >= 0.6 is 0 Å². The molecule has 2 N–H and O–H groups in total. The van der Waals surface area contributed by atoms with E-state index in [0.29, 0.717) is 5.82 Å². The lowest BCUT2D eigenvalue weighted by molar-refractivity contribution is 0.962. The lowest BCUT2D eigenvalue weighted by atomic mass is 10.3. The van der Waals surface area contributed by atoms with Gasteiger partial charge in [0.25, 0.3) is 0 Å². The lowest BCUT2D eigenvalue weighted by Gasteiger charge is -2.10. The van der Waals surface area contributed by atoms with Crippen molar-refractivity contribution in [2.24, 2.45) is 0 Å². The SMILES string of the molecule is Cc1cc(N(C)C)nnc1N. The minimum Gasteiger partial charge on any atom is -0.382 e. The molecule has 0 amide bonds. The number of aromatic nitrogens is 2. The average Bonchev–Trinajstić information content (AvgIpc) is 1.94. The Morgan fingerprint density at radius 1 is 1.36 bits per heavy atom. The van der Waals surface area contributed by atoms with Crippen LogP contribution in [0.2, 0.25) is 0 Å². The fourth-order valence-corrected chi connectivity index (χ4v) is 0.699. The number of aryl methyl sites for hydroxylation is 1. The number of hydrogen-bond donors (Lipinski definition) is 1. The van der Waals surface area contributed by atoms with Crippen LogP contribution in [0.5, 0.6) is 0 Å². The average molecular weight is 152 g/mol. The summed E-state index contributed by atoms with van der Waals surface area (Å²) in [6, 6.07) is 1.91. The first kappa shape index (κ1) is 7.78. The second-order valence-corrected chi connectivity index (χ2v) is 2.67. The van der Waals surface area contributed by atoms with E-state index >= 15 is 0 Å². The minimum absolute atomic E-state index is 0.496. The van der Waals surface area contributed by atoms with E-state index in [2.05, 4.69) is 10.2 Å². The van der Waals surface area contributed by atoms with E-state index in [1.807, 2.05) is 32.0 Å². The lowest BCUT2D eigenvalue weighted by Crippen LogP contribution is -2.12. The van der Waals surface area contributed by atoms with Crippen molar-refractivity contribution in [2.45, 2.75) is 6.92 Å². The zero-order chi connectivity index (χ0) is 8.43. The van der Waals surface area contributed by atoms with Crippen LogP contribution in [0.25, 0.3) is 0 Å². The molecule has 0 bridgehead atoms. The Bertz CT molecular complexity index is 257. The molecule has 1 aromatic rings. The van der Waals surface area contributed by atoms with Crippen LogP contribution < -0.4 is 10.6 Å². The van der Waals surface area contributed by atoms with Crippen LogP contribution in [-0.4, -0.2) is 24.3 Å². The molecule has 1 aromatic heterocycles. The zero-order valence-corrected chi connectivity index (χ0v) is 7.00. The summed E-state index contributed by atoms with van der Waals surface area (Å²) in [6.45, 7) is 1.91. The van der Waals surface area contributed by atoms with Gasteiger partial charge in [-0.25, -0.2) is 0 Å². The summed E-state index contributed by atoms with van der Waals surface area (Å²) in [5, 5.41) is 7.68. The van der Waals surface area contributed by atoms with Gasteiger partial charge in [-0.05, 0) is 18.6 Å². The predicted octanol–water partition coefficient (Wildman–Crippen LogP) is 0.433. The Morgan fingerprint density at radius 3 is 2.45 bits per heavy atom. The molecule has 0 unspecified atom stereocenters. The molecule has 0 spiro atoms. The molecule has 4 heteroatoms. The molecule has 0 radical (unpaired) electrons. The molecule has 0 aliphatic carbocycles. The fraction of sp³-hybridized carbons (Fsp3) is 0.429. The van der Waals surface area contributed by atoms with Gasteiger partial charge in [0, 0.05) is 14.1 Å². The summed E-state index contributed by atoms with van der Waals surface area (Å²) in [7, 11) is 3.83. The van der Waals surface area contributed by atoms with Crippen molar-refractivity contribution < 1.29 is 0 Å². The standard InChI is InChI=1S/C7H12N4/c1-5-4-6(11(2)3)9-10-7(5)8/h4H,1-3H3,(H2,8,10). The molecular formula is C7H12N4. The minimum atomic E-state index is 0.496. The highest BCUT2D eigenvalue weighted by molar-refractivity contribution is 5.46. The van der Waals surface area contributed by atoms with Crippen molar-refractivity contribution in [1.82, 2.24) is 10.2 Å². The topological polar surface area (TPSA) is 55.0 Å². The summed E-state index contributed by atoms with van der Waals surface area (Å²) in [6.07, 6.45) is 0. The van der Waals surface area contributed by atoms with E-state index in [0.717, 1.165) is 11.4 Å². The van der Waals surface area contributed by atoms with Crippen molar-refractivity contribution in [3.63, 3.8) is 0 Å². The summed E-state index contributed by atoms with van der Waals surface area (Å²) in [5.74, 6) is 1.33. The summed E-state index contributed by atoms with van der Waals surface area (Å²) >= 11 is 0. The van der Waals surface area contributed by atoms with Gasteiger partial charge in [0.1, 0.15) is 5.82 Å². The van der Waals surface area contributed by atoms with Crippen molar-refractivity contribution in [1.29, 1.82) is 0 Å². The van der Waals surface area contributed by atoms with Gasteiger partial charge >= 0.3 is 0 Å². The van der Waals surface area contributed by atoms with Gasteiger partial charge in [-0.3, -0.25) is 0 Å². The Kier molecular flexibility index (Phi) is 1.94. The van der Waals surface area contributed by atoms with Crippen molar-refractivity contribution in [3.8, 4) is 0 Å². The van der Waals surface area contributed by atoms with Gasteiger partial charge in [0.2, 0.25) is 0 Å². The van der Waals surface area contributed by atoms with Crippen LogP contribution in [0.3, 0.4) is 0 Å². The van der Waals surface area contributed by atoms with E-state index in [1.165, 1.54) is 0 Å².